The normalized spacial score (nSPS) is 10.4. The minimum absolute atomic E-state index is 0.0358. The molecule has 0 aromatic heterocycles. The van der Waals surface area contributed by atoms with Crippen LogP contribution in [0.2, 0.25) is 5.02 Å². The first-order valence-corrected chi connectivity index (χ1v) is 7.54. The molecule has 0 unspecified atom stereocenters. The second-order valence-corrected chi connectivity index (χ2v) is 6.42. The lowest BCUT2D eigenvalue weighted by Crippen LogP contribution is -2.04. The van der Waals surface area contributed by atoms with Crippen LogP contribution in [0.4, 0.5) is 0 Å². The van der Waals surface area contributed by atoms with E-state index in [4.69, 9.17) is 11.6 Å². The Labute approximate surface area is 133 Å². The van der Waals surface area contributed by atoms with Crippen LogP contribution >= 0.6 is 50.1 Å². The van der Waals surface area contributed by atoms with Crippen molar-refractivity contribution in [3.8, 4) is 0 Å². The summed E-state index contributed by atoms with van der Waals surface area (Å²) in [6.07, 6.45) is 0.373. The zero-order valence-corrected chi connectivity index (χ0v) is 13.8. The lowest BCUT2D eigenvalue weighted by Gasteiger charge is -2.04. The van der Waals surface area contributed by atoms with Crippen molar-refractivity contribution in [1.29, 1.82) is 0 Å². The Kier molecular flexibility index (Phi) is 4.81. The van der Waals surface area contributed by atoms with Gasteiger partial charge in [0.1, 0.15) is 0 Å². The fourth-order valence-electron chi connectivity index (χ4n) is 1.60. The predicted octanol–water partition coefficient (Wildman–Crippen LogP) is 5.13. The summed E-state index contributed by atoms with van der Waals surface area (Å²) in [6.45, 7) is 0. The Morgan fingerprint density at radius 3 is 2.44 bits per heavy atom. The van der Waals surface area contributed by atoms with Crippen LogP contribution in [0.25, 0.3) is 0 Å². The van der Waals surface area contributed by atoms with Crippen molar-refractivity contribution in [2.45, 2.75) is 6.42 Å². The molecule has 0 fully saturated rings. The maximum atomic E-state index is 12.1. The Balaban J connectivity index is 2.19. The van der Waals surface area contributed by atoms with E-state index in [1.807, 2.05) is 30.3 Å². The smallest absolute Gasteiger partial charge is 0.168 e. The van der Waals surface area contributed by atoms with Crippen LogP contribution in [0, 0.1) is 3.57 Å². The van der Waals surface area contributed by atoms with E-state index in [2.05, 4.69) is 38.5 Å². The molecule has 18 heavy (non-hydrogen) atoms. The van der Waals surface area contributed by atoms with Crippen molar-refractivity contribution in [3.63, 3.8) is 0 Å². The third-order valence-corrected chi connectivity index (χ3v) is 4.03. The number of carbonyl (C=O) groups is 1. The summed E-state index contributed by atoms with van der Waals surface area (Å²) in [5, 5.41) is 0.486. The van der Waals surface area contributed by atoms with E-state index in [-0.39, 0.29) is 5.78 Å². The van der Waals surface area contributed by atoms with Crippen molar-refractivity contribution in [3.05, 3.63) is 66.7 Å². The predicted molar refractivity (Wildman–Crippen MR) is 86.3 cm³/mol. The van der Waals surface area contributed by atoms with Gasteiger partial charge >= 0.3 is 0 Å². The molecule has 0 heterocycles. The Morgan fingerprint density at radius 2 is 1.83 bits per heavy atom. The number of ketones is 1. The van der Waals surface area contributed by atoms with Gasteiger partial charge in [-0.2, -0.15) is 0 Å². The van der Waals surface area contributed by atoms with Gasteiger partial charge < -0.3 is 0 Å². The van der Waals surface area contributed by atoms with Crippen LogP contribution in [0.5, 0.6) is 0 Å². The summed E-state index contributed by atoms with van der Waals surface area (Å²) >= 11 is 11.6. The van der Waals surface area contributed by atoms with E-state index in [9.17, 15) is 4.79 Å². The fourth-order valence-corrected chi connectivity index (χ4v) is 2.74. The average molecular weight is 435 g/mol. The first kappa shape index (κ1) is 14.0. The Morgan fingerprint density at radius 1 is 1.17 bits per heavy atom. The van der Waals surface area contributed by atoms with Gasteiger partial charge in [0.15, 0.2) is 5.78 Å². The molecule has 4 heteroatoms. The van der Waals surface area contributed by atoms with E-state index in [0.717, 1.165) is 13.6 Å². The second kappa shape index (κ2) is 6.17. The molecule has 92 valence electrons. The highest BCUT2D eigenvalue weighted by molar-refractivity contribution is 14.1. The number of hydrogen-bond acceptors (Lipinski definition) is 1. The third kappa shape index (κ3) is 3.56. The minimum atomic E-state index is 0.0358. The maximum Gasteiger partial charge on any atom is 0.168 e. The van der Waals surface area contributed by atoms with Gasteiger partial charge in [-0.15, -0.1) is 0 Å². The lowest BCUT2D eigenvalue weighted by atomic mass is 10.0. The number of rotatable bonds is 3. The van der Waals surface area contributed by atoms with Crippen LogP contribution in [-0.2, 0) is 6.42 Å². The quantitative estimate of drug-likeness (QED) is 0.482. The SMILES string of the molecule is O=C(Cc1ccc(I)cc1)c1ccc(Br)cc1Cl. The molecule has 2 rings (SSSR count). The van der Waals surface area contributed by atoms with Crippen LogP contribution in [0.15, 0.2) is 46.9 Å². The molecule has 0 spiro atoms. The summed E-state index contributed by atoms with van der Waals surface area (Å²) in [7, 11) is 0. The van der Waals surface area contributed by atoms with E-state index < -0.39 is 0 Å². The molecule has 0 saturated heterocycles. The summed E-state index contributed by atoms with van der Waals surface area (Å²) in [5.74, 6) is 0.0358. The highest BCUT2D eigenvalue weighted by Gasteiger charge is 2.11. The van der Waals surface area contributed by atoms with Gasteiger partial charge in [-0.25, -0.2) is 0 Å². The molecule has 0 aliphatic rings. The number of benzene rings is 2. The minimum Gasteiger partial charge on any atom is -0.294 e. The van der Waals surface area contributed by atoms with Gasteiger partial charge in [-0.05, 0) is 58.5 Å². The van der Waals surface area contributed by atoms with E-state index in [1.165, 1.54) is 0 Å². The molecule has 2 aromatic rings. The van der Waals surface area contributed by atoms with Crippen LogP contribution in [0.3, 0.4) is 0 Å². The Bertz CT molecular complexity index is 581. The zero-order chi connectivity index (χ0) is 13.1. The molecule has 0 radical (unpaired) electrons. The second-order valence-electron chi connectivity index (χ2n) is 3.85. The molecule has 0 bridgehead atoms. The van der Waals surface area contributed by atoms with Crippen LogP contribution < -0.4 is 0 Å². The molecule has 0 aliphatic carbocycles. The van der Waals surface area contributed by atoms with Crippen molar-refractivity contribution >= 4 is 55.9 Å². The van der Waals surface area contributed by atoms with Crippen LogP contribution in [-0.4, -0.2) is 5.78 Å². The number of hydrogen-bond donors (Lipinski definition) is 0. The van der Waals surface area contributed by atoms with Gasteiger partial charge in [0, 0.05) is 20.0 Å². The lowest BCUT2D eigenvalue weighted by molar-refractivity contribution is 0.0993. The maximum absolute atomic E-state index is 12.1. The van der Waals surface area contributed by atoms with Crippen molar-refractivity contribution in [2.24, 2.45) is 0 Å². The summed E-state index contributed by atoms with van der Waals surface area (Å²) in [6, 6.07) is 13.2. The van der Waals surface area contributed by atoms with Gasteiger partial charge in [-0.1, -0.05) is 39.7 Å². The van der Waals surface area contributed by atoms with E-state index >= 15 is 0 Å². The topological polar surface area (TPSA) is 17.1 Å². The molecule has 2 aromatic carbocycles. The summed E-state index contributed by atoms with van der Waals surface area (Å²) in [4.78, 5) is 12.1. The van der Waals surface area contributed by atoms with Gasteiger partial charge in [-0.3, -0.25) is 4.79 Å². The summed E-state index contributed by atoms with van der Waals surface area (Å²) < 4.78 is 2.03. The molecular weight excluding hydrogens is 426 g/mol. The molecule has 0 aliphatic heterocycles. The fraction of sp³-hybridized carbons (Fsp3) is 0.0714. The first-order valence-electron chi connectivity index (χ1n) is 5.29. The van der Waals surface area contributed by atoms with Gasteiger partial charge in [0.05, 0.1) is 5.02 Å². The standard InChI is InChI=1S/C14H9BrClIO/c15-10-3-6-12(13(16)8-10)14(18)7-9-1-4-11(17)5-2-9/h1-6,8H,7H2. The van der Waals surface area contributed by atoms with E-state index in [0.29, 0.717) is 17.0 Å². The largest absolute Gasteiger partial charge is 0.294 e. The molecule has 0 atom stereocenters. The number of carbonyl (C=O) groups excluding carboxylic acids is 1. The molecule has 0 N–H and O–H groups in total. The average Bonchev–Trinajstić information content (AvgIpc) is 2.32. The first-order chi connectivity index (χ1) is 8.56. The molecule has 0 amide bonds. The monoisotopic (exact) mass is 434 g/mol. The van der Waals surface area contributed by atoms with Crippen molar-refractivity contribution < 1.29 is 4.79 Å². The number of Topliss-reactive ketones (excluding diaryl/α,β-unsaturated/α-hetero) is 1. The third-order valence-electron chi connectivity index (χ3n) is 2.51. The highest BCUT2D eigenvalue weighted by Crippen LogP contribution is 2.22. The highest BCUT2D eigenvalue weighted by atomic mass is 127. The van der Waals surface area contributed by atoms with E-state index in [1.54, 1.807) is 12.1 Å². The molecule has 1 nitrogen and oxygen atoms in total. The molecule has 0 saturated carbocycles. The van der Waals surface area contributed by atoms with Crippen molar-refractivity contribution in [2.75, 3.05) is 0 Å². The van der Waals surface area contributed by atoms with Crippen molar-refractivity contribution in [1.82, 2.24) is 0 Å². The van der Waals surface area contributed by atoms with Gasteiger partial charge in [0.2, 0.25) is 0 Å². The summed E-state index contributed by atoms with van der Waals surface area (Å²) in [5.41, 5.74) is 1.57. The Hall–Kier alpha value is -0.390. The van der Waals surface area contributed by atoms with Crippen LogP contribution in [0.1, 0.15) is 15.9 Å². The zero-order valence-electron chi connectivity index (χ0n) is 9.29. The molecular formula is C14H9BrClIO. The number of halogens is 3. The van der Waals surface area contributed by atoms with Gasteiger partial charge in [0.25, 0.3) is 0 Å².